The first kappa shape index (κ1) is 13.6. The number of ether oxygens (including phenoxy) is 1. The largest absolute Gasteiger partial charge is 0.381 e. The van der Waals surface area contributed by atoms with Gasteiger partial charge in [0.05, 0.1) is 0 Å². The maximum atomic E-state index is 12.3. The van der Waals surface area contributed by atoms with E-state index in [-0.39, 0.29) is 11.4 Å². The lowest BCUT2D eigenvalue weighted by atomic mass is 9.92. The minimum absolute atomic E-state index is 0.00167. The average molecular weight is 312 g/mol. The van der Waals surface area contributed by atoms with Crippen molar-refractivity contribution in [1.29, 1.82) is 0 Å². The average Bonchev–Trinajstić information content (AvgIpc) is 2.33. The van der Waals surface area contributed by atoms with Gasteiger partial charge in [0.25, 0.3) is 5.91 Å². The summed E-state index contributed by atoms with van der Waals surface area (Å²) in [6.07, 6.45) is 1.73. The smallest absolute Gasteiger partial charge is 0.252 e. The van der Waals surface area contributed by atoms with Gasteiger partial charge in [-0.2, -0.15) is 0 Å². The number of hydrogen-bond donors (Lipinski definition) is 1. The van der Waals surface area contributed by atoms with Gasteiger partial charge in [0, 0.05) is 28.8 Å². The Labute approximate surface area is 116 Å². The summed E-state index contributed by atoms with van der Waals surface area (Å²) in [5.41, 5.74) is 1.56. The lowest BCUT2D eigenvalue weighted by molar-refractivity contribution is 0.0422. The molecular formula is C14H18BrNO2. The Morgan fingerprint density at radius 1 is 1.39 bits per heavy atom. The highest BCUT2D eigenvalue weighted by Gasteiger charge is 2.29. The summed E-state index contributed by atoms with van der Waals surface area (Å²) < 4.78 is 6.30. The topological polar surface area (TPSA) is 38.3 Å². The van der Waals surface area contributed by atoms with Gasteiger partial charge in [0.2, 0.25) is 0 Å². The highest BCUT2D eigenvalue weighted by molar-refractivity contribution is 9.10. The number of rotatable bonds is 2. The molecule has 4 heteroatoms. The van der Waals surface area contributed by atoms with Gasteiger partial charge in [0.1, 0.15) is 0 Å². The Morgan fingerprint density at radius 2 is 2.06 bits per heavy atom. The van der Waals surface area contributed by atoms with Crippen molar-refractivity contribution in [2.24, 2.45) is 0 Å². The minimum atomic E-state index is -0.149. The van der Waals surface area contributed by atoms with Crippen LogP contribution in [-0.4, -0.2) is 24.7 Å². The molecule has 1 aliphatic heterocycles. The second kappa shape index (κ2) is 5.41. The van der Waals surface area contributed by atoms with Crippen molar-refractivity contribution in [2.75, 3.05) is 13.2 Å². The molecular weight excluding hydrogens is 294 g/mol. The van der Waals surface area contributed by atoms with Crippen LogP contribution in [0, 0.1) is 6.92 Å². The predicted octanol–water partition coefficient (Wildman–Crippen LogP) is 3.06. The van der Waals surface area contributed by atoms with Crippen LogP contribution in [0.4, 0.5) is 0 Å². The first-order valence-electron chi connectivity index (χ1n) is 6.17. The summed E-state index contributed by atoms with van der Waals surface area (Å²) in [5.74, 6) is -0.00167. The highest BCUT2D eigenvalue weighted by atomic mass is 79.9. The Kier molecular flexibility index (Phi) is 4.07. The summed E-state index contributed by atoms with van der Waals surface area (Å²) >= 11 is 3.45. The van der Waals surface area contributed by atoms with E-state index in [1.165, 1.54) is 0 Å². The van der Waals surface area contributed by atoms with Crippen molar-refractivity contribution in [3.05, 3.63) is 33.8 Å². The van der Waals surface area contributed by atoms with E-state index in [2.05, 4.69) is 28.2 Å². The molecule has 18 heavy (non-hydrogen) atoms. The zero-order valence-corrected chi connectivity index (χ0v) is 12.3. The zero-order chi connectivity index (χ0) is 13.2. The molecule has 98 valence electrons. The van der Waals surface area contributed by atoms with Crippen molar-refractivity contribution in [2.45, 2.75) is 32.2 Å². The van der Waals surface area contributed by atoms with Crippen LogP contribution in [0.25, 0.3) is 0 Å². The van der Waals surface area contributed by atoms with Crippen molar-refractivity contribution < 1.29 is 9.53 Å². The third kappa shape index (κ3) is 2.93. The molecule has 1 N–H and O–H groups in total. The van der Waals surface area contributed by atoms with E-state index < -0.39 is 0 Å². The fraction of sp³-hybridized carbons (Fsp3) is 0.500. The van der Waals surface area contributed by atoms with Crippen molar-refractivity contribution in [1.82, 2.24) is 5.32 Å². The summed E-state index contributed by atoms with van der Waals surface area (Å²) in [6.45, 7) is 5.47. The van der Waals surface area contributed by atoms with Crippen LogP contribution < -0.4 is 5.32 Å². The summed E-state index contributed by atoms with van der Waals surface area (Å²) in [7, 11) is 0. The fourth-order valence-corrected chi connectivity index (χ4v) is 2.51. The Bertz CT molecular complexity index is 453. The SMILES string of the molecule is Cc1c(Br)cccc1C(=O)NC1(C)CCOCC1. The van der Waals surface area contributed by atoms with Crippen molar-refractivity contribution >= 4 is 21.8 Å². The van der Waals surface area contributed by atoms with Gasteiger partial charge in [-0.1, -0.05) is 22.0 Å². The van der Waals surface area contributed by atoms with Gasteiger partial charge < -0.3 is 10.1 Å². The first-order valence-corrected chi connectivity index (χ1v) is 6.96. The molecule has 1 aromatic carbocycles. The van der Waals surface area contributed by atoms with E-state index >= 15 is 0 Å². The monoisotopic (exact) mass is 311 g/mol. The molecule has 0 aromatic heterocycles. The van der Waals surface area contributed by atoms with Crippen molar-refractivity contribution in [3.8, 4) is 0 Å². The van der Waals surface area contributed by atoms with Crippen LogP contribution >= 0.6 is 15.9 Å². The third-order valence-electron chi connectivity index (χ3n) is 3.52. The van der Waals surface area contributed by atoms with Crippen LogP contribution in [-0.2, 0) is 4.74 Å². The molecule has 0 saturated carbocycles. The molecule has 0 spiro atoms. The Hall–Kier alpha value is -0.870. The molecule has 0 atom stereocenters. The number of hydrogen-bond acceptors (Lipinski definition) is 2. The van der Waals surface area contributed by atoms with E-state index in [1.807, 2.05) is 25.1 Å². The van der Waals surface area contributed by atoms with E-state index in [9.17, 15) is 4.79 Å². The molecule has 2 rings (SSSR count). The van der Waals surface area contributed by atoms with Crippen molar-refractivity contribution in [3.63, 3.8) is 0 Å². The van der Waals surface area contributed by atoms with E-state index in [1.54, 1.807) is 0 Å². The second-order valence-electron chi connectivity index (χ2n) is 5.04. The molecule has 0 bridgehead atoms. The minimum Gasteiger partial charge on any atom is -0.381 e. The summed E-state index contributed by atoms with van der Waals surface area (Å²) in [4.78, 5) is 12.3. The van der Waals surface area contributed by atoms with E-state index in [4.69, 9.17) is 4.74 Å². The van der Waals surface area contributed by atoms with Crippen LogP contribution in [0.1, 0.15) is 35.7 Å². The summed E-state index contributed by atoms with van der Waals surface area (Å²) in [6, 6.07) is 5.69. The van der Waals surface area contributed by atoms with Gasteiger partial charge in [-0.25, -0.2) is 0 Å². The lowest BCUT2D eigenvalue weighted by Gasteiger charge is -2.34. The number of amides is 1. The number of halogens is 1. The number of carbonyl (C=O) groups excluding carboxylic acids is 1. The van der Waals surface area contributed by atoms with Gasteiger partial charge in [0.15, 0.2) is 0 Å². The summed E-state index contributed by atoms with van der Waals surface area (Å²) in [5, 5.41) is 3.14. The normalized spacial score (nSPS) is 18.4. The second-order valence-corrected chi connectivity index (χ2v) is 5.89. The molecule has 3 nitrogen and oxygen atoms in total. The molecule has 1 aromatic rings. The van der Waals surface area contributed by atoms with E-state index in [0.29, 0.717) is 13.2 Å². The molecule has 1 aliphatic rings. The Balaban J connectivity index is 2.14. The molecule has 1 saturated heterocycles. The predicted molar refractivity (Wildman–Crippen MR) is 74.8 cm³/mol. The van der Waals surface area contributed by atoms with Crippen LogP contribution in [0.15, 0.2) is 22.7 Å². The molecule has 1 fully saturated rings. The molecule has 0 radical (unpaired) electrons. The number of benzene rings is 1. The van der Waals surface area contributed by atoms with Crippen LogP contribution in [0.3, 0.4) is 0 Å². The number of carbonyl (C=O) groups is 1. The fourth-order valence-electron chi connectivity index (χ4n) is 2.14. The lowest BCUT2D eigenvalue weighted by Crippen LogP contribution is -2.49. The third-order valence-corrected chi connectivity index (χ3v) is 4.38. The first-order chi connectivity index (χ1) is 8.52. The molecule has 0 unspecified atom stereocenters. The Morgan fingerprint density at radius 3 is 2.72 bits per heavy atom. The van der Waals surface area contributed by atoms with Gasteiger partial charge in [-0.15, -0.1) is 0 Å². The standard InChI is InChI=1S/C14H18BrNO2/c1-10-11(4-3-5-12(10)15)13(17)16-14(2)6-8-18-9-7-14/h3-5H,6-9H2,1-2H3,(H,16,17). The molecule has 1 amide bonds. The van der Waals surface area contributed by atoms with Gasteiger partial charge in [-0.3, -0.25) is 4.79 Å². The maximum Gasteiger partial charge on any atom is 0.252 e. The van der Waals surface area contributed by atoms with Gasteiger partial charge >= 0.3 is 0 Å². The highest BCUT2D eigenvalue weighted by Crippen LogP contribution is 2.23. The number of nitrogens with one attached hydrogen (secondary N) is 1. The van der Waals surface area contributed by atoms with Gasteiger partial charge in [-0.05, 0) is 44.4 Å². The maximum absolute atomic E-state index is 12.3. The van der Waals surface area contributed by atoms with E-state index in [0.717, 1.165) is 28.4 Å². The van der Waals surface area contributed by atoms with Crippen LogP contribution in [0.2, 0.25) is 0 Å². The molecule has 1 heterocycles. The molecule has 0 aliphatic carbocycles. The zero-order valence-electron chi connectivity index (χ0n) is 10.8. The quantitative estimate of drug-likeness (QED) is 0.911. The van der Waals surface area contributed by atoms with Crippen LogP contribution in [0.5, 0.6) is 0 Å².